The number of rotatable bonds is 5. The van der Waals surface area contributed by atoms with Crippen molar-refractivity contribution in [3.8, 4) is 0 Å². The Morgan fingerprint density at radius 2 is 1.85 bits per heavy atom. The smallest absolute Gasteiger partial charge is 0.0978 e. The molecule has 0 saturated carbocycles. The van der Waals surface area contributed by atoms with Gasteiger partial charge in [-0.3, -0.25) is 0 Å². The molecule has 2 unspecified atom stereocenters. The number of benzene rings is 2. The van der Waals surface area contributed by atoms with Crippen molar-refractivity contribution in [1.82, 2.24) is 0 Å². The zero-order valence-electron chi connectivity index (χ0n) is 11.2. The summed E-state index contributed by atoms with van der Waals surface area (Å²) in [7, 11) is 0. The van der Waals surface area contributed by atoms with Gasteiger partial charge in [0.2, 0.25) is 0 Å². The minimum Gasteiger partial charge on any atom is -0.367 e. The molecular weight excluding hydrogens is 293 g/mol. The summed E-state index contributed by atoms with van der Waals surface area (Å²) >= 11 is 12.1. The third-order valence-electron chi connectivity index (χ3n) is 3.03. The Balaban J connectivity index is 2.13. The highest BCUT2D eigenvalue weighted by atomic mass is 35.5. The maximum atomic E-state index is 6.13. The second-order valence-electron chi connectivity index (χ2n) is 4.74. The van der Waals surface area contributed by atoms with Crippen molar-refractivity contribution < 1.29 is 4.74 Å². The molecule has 0 saturated heterocycles. The van der Waals surface area contributed by atoms with E-state index in [1.165, 1.54) is 0 Å². The van der Waals surface area contributed by atoms with Crippen LogP contribution < -0.4 is 5.73 Å². The minimum absolute atomic E-state index is 0.143. The number of hydrogen-bond acceptors (Lipinski definition) is 2. The van der Waals surface area contributed by atoms with Crippen molar-refractivity contribution in [2.24, 2.45) is 5.73 Å². The van der Waals surface area contributed by atoms with Crippen LogP contribution in [0, 0.1) is 0 Å². The first-order valence-corrected chi connectivity index (χ1v) is 7.19. The van der Waals surface area contributed by atoms with Crippen LogP contribution in [0.15, 0.2) is 48.5 Å². The van der Waals surface area contributed by atoms with Crippen LogP contribution in [0.3, 0.4) is 0 Å². The summed E-state index contributed by atoms with van der Waals surface area (Å²) in [5.41, 5.74) is 7.94. The van der Waals surface area contributed by atoms with E-state index in [1.54, 1.807) is 0 Å². The molecule has 0 aliphatic heterocycles. The van der Waals surface area contributed by atoms with Gasteiger partial charge in [-0.25, -0.2) is 0 Å². The predicted octanol–water partition coefficient (Wildman–Crippen LogP) is 4.60. The van der Waals surface area contributed by atoms with Gasteiger partial charge in [0.15, 0.2) is 0 Å². The van der Waals surface area contributed by atoms with E-state index in [2.05, 4.69) is 0 Å². The maximum absolute atomic E-state index is 6.13. The first kappa shape index (κ1) is 15.3. The second kappa shape index (κ2) is 7.09. The van der Waals surface area contributed by atoms with E-state index in [1.807, 2.05) is 55.5 Å². The van der Waals surface area contributed by atoms with Crippen LogP contribution in [0.2, 0.25) is 10.0 Å². The highest BCUT2D eigenvalue weighted by molar-refractivity contribution is 6.31. The fourth-order valence-corrected chi connectivity index (χ4v) is 2.42. The lowest BCUT2D eigenvalue weighted by molar-refractivity contribution is 0.0259. The van der Waals surface area contributed by atoms with Crippen molar-refractivity contribution in [1.29, 1.82) is 0 Å². The van der Waals surface area contributed by atoms with Crippen LogP contribution in [0.4, 0.5) is 0 Å². The summed E-state index contributed by atoms with van der Waals surface area (Å²) < 4.78 is 5.94. The summed E-state index contributed by atoms with van der Waals surface area (Å²) in [5.74, 6) is 0. The predicted molar refractivity (Wildman–Crippen MR) is 84.1 cm³/mol. The Hall–Kier alpha value is -1.06. The SMILES string of the molecule is CC(N)C(OCc1ccccc1Cl)c1cccc(Cl)c1. The van der Waals surface area contributed by atoms with E-state index in [4.69, 9.17) is 33.7 Å². The first-order valence-electron chi connectivity index (χ1n) is 6.44. The molecule has 2 rings (SSSR count). The Bertz CT molecular complexity index is 572. The molecule has 0 amide bonds. The van der Waals surface area contributed by atoms with Gasteiger partial charge in [-0.2, -0.15) is 0 Å². The molecule has 20 heavy (non-hydrogen) atoms. The van der Waals surface area contributed by atoms with E-state index < -0.39 is 0 Å². The molecular formula is C16H17Cl2NO. The molecule has 106 valence electrons. The lowest BCUT2D eigenvalue weighted by atomic mass is 10.0. The van der Waals surface area contributed by atoms with Crippen LogP contribution >= 0.6 is 23.2 Å². The summed E-state index contributed by atoms with van der Waals surface area (Å²) in [6.45, 7) is 2.33. The Labute approximate surface area is 129 Å². The fraction of sp³-hybridized carbons (Fsp3) is 0.250. The number of hydrogen-bond donors (Lipinski definition) is 1. The van der Waals surface area contributed by atoms with Crippen molar-refractivity contribution >= 4 is 23.2 Å². The summed E-state index contributed by atoms with van der Waals surface area (Å²) in [4.78, 5) is 0. The molecule has 2 aromatic carbocycles. The van der Waals surface area contributed by atoms with Crippen molar-refractivity contribution in [3.63, 3.8) is 0 Å². The Morgan fingerprint density at radius 1 is 1.10 bits per heavy atom. The van der Waals surface area contributed by atoms with E-state index in [9.17, 15) is 0 Å². The third-order valence-corrected chi connectivity index (χ3v) is 3.63. The van der Waals surface area contributed by atoms with E-state index in [-0.39, 0.29) is 12.1 Å². The number of nitrogens with two attached hydrogens (primary N) is 1. The Kier molecular flexibility index (Phi) is 5.44. The van der Waals surface area contributed by atoms with Crippen molar-refractivity contribution in [2.45, 2.75) is 25.7 Å². The van der Waals surface area contributed by atoms with Crippen molar-refractivity contribution in [2.75, 3.05) is 0 Å². The quantitative estimate of drug-likeness (QED) is 0.876. The highest BCUT2D eigenvalue weighted by Crippen LogP contribution is 2.26. The molecule has 2 aromatic rings. The van der Waals surface area contributed by atoms with Crippen LogP contribution in [-0.2, 0) is 11.3 Å². The monoisotopic (exact) mass is 309 g/mol. The molecule has 4 heteroatoms. The van der Waals surface area contributed by atoms with Gasteiger partial charge in [-0.1, -0.05) is 53.5 Å². The van der Waals surface area contributed by atoms with Gasteiger partial charge >= 0.3 is 0 Å². The normalized spacial score (nSPS) is 14.0. The molecule has 2 nitrogen and oxygen atoms in total. The van der Waals surface area contributed by atoms with Gasteiger partial charge < -0.3 is 10.5 Å². The van der Waals surface area contributed by atoms with Crippen LogP contribution in [0.25, 0.3) is 0 Å². The molecule has 0 aromatic heterocycles. The molecule has 0 heterocycles. The van der Waals surface area contributed by atoms with E-state index >= 15 is 0 Å². The summed E-state index contributed by atoms with van der Waals surface area (Å²) in [5, 5.41) is 1.37. The Morgan fingerprint density at radius 3 is 2.50 bits per heavy atom. The molecule has 0 bridgehead atoms. The van der Waals surface area contributed by atoms with E-state index in [0.717, 1.165) is 11.1 Å². The summed E-state index contributed by atoms with van der Waals surface area (Å²) in [6.07, 6.45) is -0.218. The number of halogens is 2. The highest BCUT2D eigenvalue weighted by Gasteiger charge is 2.17. The molecule has 0 fully saturated rings. The standard InChI is InChI=1S/C16H17Cl2NO/c1-11(19)16(12-6-4-7-14(17)9-12)20-10-13-5-2-3-8-15(13)18/h2-9,11,16H,10,19H2,1H3. The lowest BCUT2D eigenvalue weighted by Crippen LogP contribution is -2.27. The van der Waals surface area contributed by atoms with Crippen LogP contribution in [0.5, 0.6) is 0 Å². The zero-order chi connectivity index (χ0) is 14.5. The van der Waals surface area contributed by atoms with Crippen LogP contribution in [0.1, 0.15) is 24.2 Å². The van der Waals surface area contributed by atoms with E-state index in [0.29, 0.717) is 16.7 Å². The van der Waals surface area contributed by atoms with Crippen molar-refractivity contribution in [3.05, 3.63) is 69.7 Å². The van der Waals surface area contributed by atoms with Gasteiger partial charge in [0.05, 0.1) is 12.7 Å². The lowest BCUT2D eigenvalue weighted by Gasteiger charge is -2.22. The minimum atomic E-state index is -0.218. The topological polar surface area (TPSA) is 35.2 Å². The fourth-order valence-electron chi connectivity index (χ4n) is 2.03. The average Bonchev–Trinajstić information content (AvgIpc) is 2.41. The molecule has 0 radical (unpaired) electrons. The maximum Gasteiger partial charge on any atom is 0.0978 e. The summed E-state index contributed by atoms with van der Waals surface area (Å²) in [6, 6.07) is 15.0. The van der Waals surface area contributed by atoms with Gasteiger partial charge in [0.25, 0.3) is 0 Å². The van der Waals surface area contributed by atoms with Gasteiger partial charge in [0, 0.05) is 16.1 Å². The average molecular weight is 310 g/mol. The molecule has 2 atom stereocenters. The second-order valence-corrected chi connectivity index (χ2v) is 5.58. The molecule has 0 aliphatic rings. The largest absolute Gasteiger partial charge is 0.367 e. The van der Waals surface area contributed by atoms with Gasteiger partial charge in [0.1, 0.15) is 0 Å². The molecule has 2 N–H and O–H groups in total. The first-order chi connectivity index (χ1) is 9.58. The van der Waals surface area contributed by atoms with Gasteiger partial charge in [-0.05, 0) is 36.2 Å². The molecule has 0 spiro atoms. The number of ether oxygens (including phenoxy) is 1. The van der Waals surface area contributed by atoms with Gasteiger partial charge in [-0.15, -0.1) is 0 Å². The molecule has 0 aliphatic carbocycles. The third kappa shape index (κ3) is 3.97. The zero-order valence-corrected chi connectivity index (χ0v) is 12.7. The van der Waals surface area contributed by atoms with Crippen LogP contribution in [-0.4, -0.2) is 6.04 Å².